The van der Waals surface area contributed by atoms with E-state index in [1.54, 1.807) is 37.4 Å². The van der Waals surface area contributed by atoms with Gasteiger partial charge >= 0.3 is 0 Å². The van der Waals surface area contributed by atoms with Crippen molar-refractivity contribution in [2.75, 3.05) is 21.3 Å². The van der Waals surface area contributed by atoms with Crippen LogP contribution >= 0.6 is 0 Å². The number of rotatable bonds is 4. The van der Waals surface area contributed by atoms with Gasteiger partial charge in [-0.15, -0.1) is 0 Å². The minimum absolute atomic E-state index is 0.0820. The number of ether oxygens (including phenoxy) is 3. The second-order valence-corrected chi connectivity index (χ2v) is 5.03. The molecule has 0 bridgehead atoms. The van der Waals surface area contributed by atoms with Crippen LogP contribution in [0.4, 0.5) is 0 Å². The lowest BCUT2D eigenvalue weighted by Crippen LogP contribution is -2.01. The lowest BCUT2D eigenvalue weighted by Gasteiger charge is -2.10. The maximum atomic E-state index is 12.4. The molecule has 0 saturated heterocycles. The highest BCUT2D eigenvalue weighted by Crippen LogP contribution is 2.36. The number of hydrogen-bond acceptors (Lipinski definition) is 6. The summed E-state index contributed by atoms with van der Waals surface area (Å²) in [6, 6.07) is 9.65. The molecular weight excluding hydrogens is 312 g/mol. The van der Waals surface area contributed by atoms with Crippen LogP contribution in [0.3, 0.4) is 0 Å². The number of hydrogen-bond donors (Lipinski definition) is 1. The second-order valence-electron chi connectivity index (χ2n) is 5.03. The lowest BCUT2D eigenvalue weighted by atomic mass is 10.1. The van der Waals surface area contributed by atoms with Gasteiger partial charge in [0.25, 0.3) is 0 Å². The van der Waals surface area contributed by atoms with Crippen molar-refractivity contribution in [2.45, 2.75) is 0 Å². The van der Waals surface area contributed by atoms with Crippen LogP contribution in [-0.2, 0) is 0 Å². The van der Waals surface area contributed by atoms with Crippen LogP contribution in [0, 0.1) is 0 Å². The van der Waals surface area contributed by atoms with E-state index in [0.717, 1.165) is 0 Å². The third kappa shape index (κ3) is 2.52. The van der Waals surface area contributed by atoms with E-state index in [1.807, 2.05) is 0 Å². The molecule has 0 aliphatic rings. The standard InChI is InChI=1S/C18H16O6/c1-21-12-5-4-10(8-16(12)23-3)15-9-11(19)17-13(24-15)6-7-14(22-2)18(17)20/h4-9,20H,1-3H3. The van der Waals surface area contributed by atoms with Gasteiger partial charge in [-0.25, -0.2) is 0 Å². The fraction of sp³-hybridized carbons (Fsp3) is 0.167. The topological polar surface area (TPSA) is 78.1 Å². The third-order valence-corrected chi connectivity index (χ3v) is 3.72. The predicted octanol–water partition coefficient (Wildman–Crippen LogP) is 3.19. The molecule has 3 rings (SSSR count). The molecule has 0 radical (unpaired) electrons. The van der Waals surface area contributed by atoms with Crippen molar-refractivity contribution in [1.29, 1.82) is 0 Å². The highest BCUT2D eigenvalue weighted by Gasteiger charge is 2.15. The van der Waals surface area contributed by atoms with Gasteiger partial charge in [0.15, 0.2) is 28.4 Å². The normalized spacial score (nSPS) is 10.6. The number of phenolic OH excluding ortho intramolecular Hbond substituents is 1. The largest absolute Gasteiger partial charge is 0.504 e. The first kappa shape index (κ1) is 15.7. The van der Waals surface area contributed by atoms with Gasteiger partial charge in [-0.1, -0.05) is 0 Å². The van der Waals surface area contributed by atoms with Crippen LogP contribution in [0.1, 0.15) is 0 Å². The van der Waals surface area contributed by atoms with E-state index in [4.69, 9.17) is 18.6 Å². The highest BCUT2D eigenvalue weighted by molar-refractivity contribution is 5.87. The van der Waals surface area contributed by atoms with Gasteiger partial charge in [-0.3, -0.25) is 4.79 Å². The van der Waals surface area contributed by atoms with Gasteiger partial charge in [0.2, 0.25) is 0 Å². The molecule has 0 fully saturated rings. The average Bonchev–Trinajstić information content (AvgIpc) is 2.61. The van der Waals surface area contributed by atoms with Crippen LogP contribution in [0.5, 0.6) is 23.0 Å². The van der Waals surface area contributed by atoms with Crippen LogP contribution in [0.2, 0.25) is 0 Å². The zero-order chi connectivity index (χ0) is 17.3. The van der Waals surface area contributed by atoms with Gasteiger partial charge in [0.05, 0.1) is 21.3 Å². The van der Waals surface area contributed by atoms with Crippen molar-refractivity contribution in [1.82, 2.24) is 0 Å². The smallest absolute Gasteiger partial charge is 0.197 e. The fourth-order valence-corrected chi connectivity index (χ4v) is 2.51. The summed E-state index contributed by atoms with van der Waals surface area (Å²) in [4.78, 5) is 12.4. The molecule has 0 unspecified atom stereocenters. The van der Waals surface area contributed by atoms with Gasteiger partial charge < -0.3 is 23.7 Å². The number of benzene rings is 2. The first-order valence-electron chi connectivity index (χ1n) is 7.15. The van der Waals surface area contributed by atoms with E-state index >= 15 is 0 Å². The molecule has 124 valence electrons. The zero-order valence-corrected chi connectivity index (χ0v) is 13.5. The van der Waals surface area contributed by atoms with Crippen molar-refractivity contribution in [2.24, 2.45) is 0 Å². The summed E-state index contributed by atoms with van der Waals surface area (Å²) < 4.78 is 21.3. The summed E-state index contributed by atoms with van der Waals surface area (Å²) >= 11 is 0. The average molecular weight is 328 g/mol. The van der Waals surface area contributed by atoms with Crippen molar-refractivity contribution >= 4 is 11.0 Å². The van der Waals surface area contributed by atoms with E-state index in [0.29, 0.717) is 22.8 Å². The van der Waals surface area contributed by atoms with Crippen LogP contribution in [0.25, 0.3) is 22.3 Å². The zero-order valence-electron chi connectivity index (χ0n) is 13.5. The Bertz CT molecular complexity index is 958. The van der Waals surface area contributed by atoms with Gasteiger partial charge in [-0.2, -0.15) is 0 Å². The Balaban J connectivity index is 2.20. The number of phenols is 1. The van der Waals surface area contributed by atoms with Crippen molar-refractivity contribution in [3.63, 3.8) is 0 Å². The maximum absolute atomic E-state index is 12.4. The summed E-state index contributed by atoms with van der Waals surface area (Å²) in [5, 5.41) is 10.2. The summed E-state index contributed by atoms with van der Waals surface area (Å²) in [5.41, 5.74) is 0.560. The molecule has 1 aromatic heterocycles. The van der Waals surface area contributed by atoms with Crippen molar-refractivity contribution in [3.8, 4) is 34.3 Å². The van der Waals surface area contributed by atoms with Crippen LogP contribution in [-0.4, -0.2) is 26.4 Å². The monoisotopic (exact) mass is 328 g/mol. The minimum Gasteiger partial charge on any atom is -0.504 e. The lowest BCUT2D eigenvalue weighted by molar-refractivity contribution is 0.355. The number of methoxy groups -OCH3 is 3. The maximum Gasteiger partial charge on any atom is 0.197 e. The molecule has 1 heterocycles. The Hall–Kier alpha value is -3.15. The molecule has 1 N–H and O–H groups in total. The fourth-order valence-electron chi connectivity index (χ4n) is 2.51. The molecule has 0 saturated carbocycles. The molecule has 2 aromatic carbocycles. The summed E-state index contributed by atoms with van der Waals surface area (Å²) in [6.45, 7) is 0. The molecule has 0 amide bonds. The number of fused-ring (bicyclic) bond motifs is 1. The summed E-state index contributed by atoms with van der Waals surface area (Å²) in [6.07, 6.45) is 0. The van der Waals surface area contributed by atoms with E-state index in [-0.39, 0.29) is 27.9 Å². The van der Waals surface area contributed by atoms with Gasteiger partial charge in [0, 0.05) is 11.6 Å². The van der Waals surface area contributed by atoms with Crippen LogP contribution < -0.4 is 19.6 Å². The summed E-state index contributed by atoms with van der Waals surface area (Å²) in [7, 11) is 4.49. The Morgan fingerprint density at radius 1 is 0.875 bits per heavy atom. The summed E-state index contributed by atoms with van der Waals surface area (Å²) in [5.74, 6) is 1.44. The molecule has 0 atom stereocenters. The van der Waals surface area contributed by atoms with E-state index in [9.17, 15) is 9.90 Å². The molecule has 0 aliphatic heterocycles. The third-order valence-electron chi connectivity index (χ3n) is 3.72. The van der Waals surface area contributed by atoms with Crippen LogP contribution in [0.15, 0.2) is 45.6 Å². The molecule has 0 spiro atoms. The molecule has 6 heteroatoms. The minimum atomic E-state index is -0.363. The Morgan fingerprint density at radius 3 is 2.21 bits per heavy atom. The molecule has 6 nitrogen and oxygen atoms in total. The van der Waals surface area contributed by atoms with Gasteiger partial charge in [-0.05, 0) is 30.3 Å². The highest BCUT2D eigenvalue weighted by atomic mass is 16.5. The molecule has 3 aromatic rings. The van der Waals surface area contributed by atoms with E-state index in [1.165, 1.54) is 20.3 Å². The van der Waals surface area contributed by atoms with E-state index < -0.39 is 0 Å². The van der Waals surface area contributed by atoms with Gasteiger partial charge in [0.1, 0.15) is 16.7 Å². The quantitative estimate of drug-likeness (QED) is 0.792. The van der Waals surface area contributed by atoms with Crippen molar-refractivity contribution in [3.05, 3.63) is 46.6 Å². The number of aromatic hydroxyl groups is 1. The first-order valence-corrected chi connectivity index (χ1v) is 7.15. The molecule has 0 aliphatic carbocycles. The molecule has 24 heavy (non-hydrogen) atoms. The Morgan fingerprint density at radius 2 is 1.54 bits per heavy atom. The Kier molecular flexibility index (Phi) is 4.04. The SMILES string of the molecule is COc1ccc(-c2cc(=O)c3c(O)c(OC)ccc3o2)cc1OC. The van der Waals surface area contributed by atoms with Crippen molar-refractivity contribution < 1.29 is 23.7 Å². The Labute approximate surface area is 137 Å². The predicted molar refractivity (Wildman–Crippen MR) is 89.2 cm³/mol. The second kappa shape index (κ2) is 6.16. The molecular formula is C18H16O6. The first-order chi connectivity index (χ1) is 11.6. The van der Waals surface area contributed by atoms with E-state index in [2.05, 4.69) is 0 Å².